The predicted molar refractivity (Wildman–Crippen MR) is 129 cm³/mol. The number of anilines is 1. The van der Waals surface area contributed by atoms with Crippen LogP contribution >= 0.6 is 0 Å². The third-order valence-electron chi connectivity index (χ3n) is 6.29. The first-order valence-corrected chi connectivity index (χ1v) is 11.9. The van der Waals surface area contributed by atoms with E-state index in [1.54, 1.807) is 52.0 Å². The van der Waals surface area contributed by atoms with Gasteiger partial charge in [0.15, 0.2) is 5.82 Å². The van der Waals surface area contributed by atoms with E-state index < -0.39 is 36.2 Å². The number of hydrogen-bond acceptors (Lipinski definition) is 9. The second-order valence-electron chi connectivity index (χ2n) is 10.1. The molecule has 0 saturated carbocycles. The average molecular weight is 512 g/mol. The Kier molecular flexibility index (Phi) is 7.17. The van der Waals surface area contributed by atoms with Crippen molar-refractivity contribution in [3.63, 3.8) is 0 Å². The van der Waals surface area contributed by atoms with Crippen molar-refractivity contribution >= 4 is 35.1 Å². The highest BCUT2D eigenvalue weighted by atomic mass is 16.7. The van der Waals surface area contributed by atoms with Crippen molar-refractivity contribution in [2.75, 3.05) is 12.1 Å². The van der Waals surface area contributed by atoms with Crippen LogP contribution in [0.15, 0.2) is 46.8 Å². The standard InChI is InChI=1S/C26H29N3O8/c1-14(30)21-18-12-17(16-7-5-15(6-8-16)11-20(31)27-19-9-10-37-28-19)22(29(18)23(21)32)24(33)35-13-36-25(34)26(2,3)4/h5-10,14,18,21,30H,11-13H2,1-4H3,(H,27,28,31)/t14-,18-,21-/m1/s1. The van der Waals surface area contributed by atoms with Crippen LogP contribution in [0.2, 0.25) is 0 Å². The number of aliphatic hydroxyl groups excluding tert-OH is 1. The Labute approximate surface area is 213 Å². The van der Waals surface area contributed by atoms with Gasteiger partial charge in [-0.25, -0.2) is 4.79 Å². The lowest BCUT2D eigenvalue weighted by atomic mass is 9.82. The smallest absolute Gasteiger partial charge is 0.358 e. The molecule has 0 spiro atoms. The average Bonchev–Trinajstić information content (AvgIpc) is 3.44. The van der Waals surface area contributed by atoms with Crippen molar-refractivity contribution in [3.8, 4) is 0 Å². The summed E-state index contributed by atoms with van der Waals surface area (Å²) in [5.41, 5.74) is 1.28. The molecule has 1 aromatic carbocycles. The Hall–Kier alpha value is -3.99. The number of benzene rings is 1. The highest BCUT2D eigenvalue weighted by Gasteiger charge is 2.57. The molecule has 3 atom stereocenters. The summed E-state index contributed by atoms with van der Waals surface area (Å²) >= 11 is 0. The minimum atomic E-state index is -0.872. The topological polar surface area (TPSA) is 148 Å². The molecule has 0 radical (unpaired) electrons. The quantitative estimate of drug-likeness (QED) is 0.309. The van der Waals surface area contributed by atoms with Crippen molar-refractivity contribution in [2.45, 2.75) is 52.7 Å². The minimum Gasteiger partial charge on any atom is -0.427 e. The van der Waals surface area contributed by atoms with Crippen LogP contribution in [0.1, 0.15) is 45.2 Å². The molecule has 4 rings (SSSR count). The van der Waals surface area contributed by atoms with Gasteiger partial charge in [0.25, 0.3) is 0 Å². The SMILES string of the molecule is C[C@@H](O)[C@H]1C(=O)N2C(C(=O)OCOC(=O)C(C)(C)C)=C(c3ccc(CC(=O)Nc4ccon4)cc3)C[C@H]12. The molecule has 1 fully saturated rings. The van der Waals surface area contributed by atoms with Gasteiger partial charge in [-0.2, -0.15) is 0 Å². The zero-order valence-electron chi connectivity index (χ0n) is 21.0. The van der Waals surface area contributed by atoms with E-state index in [1.807, 2.05) is 0 Å². The maximum atomic E-state index is 13.0. The van der Waals surface area contributed by atoms with Crippen LogP contribution in [-0.2, 0) is 35.1 Å². The number of carbonyl (C=O) groups is 4. The summed E-state index contributed by atoms with van der Waals surface area (Å²) in [6.07, 6.45) is 0.924. The van der Waals surface area contributed by atoms with Crippen LogP contribution in [0.4, 0.5) is 5.82 Å². The summed E-state index contributed by atoms with van der Waals surface area (Å²) in [6.45, 7) is 5.99. The van der Waals surface area contributed by atoms with Crippen LogP contribution in [0.25, 0.3) is 5.57 Å². The molecule has 2 aliphatic heterocycles. The second-order valence-corrected chi connectivity index (χ2v) is 10.1. The lowest BCUT2D eigenvalue weighted by molar-refractivity contribution is -0.175. The summed E-state index contributed by atoms with van der Waals surface area (Å²) in [7, 11) is 0. The number of carbonyl (C=O) groups excluding carboxylic acids is 4. The third kappa shape index (κ3) is 5.41. The molecule has 1 aromatic heterocycles. The number of rotatable bonds is 8. The Morgan fingerprint density at radius 2 is 1.89 bits per heavy atom. The zero-order valence-corrected chi connectivity index (χ0v) is 21.0. The number of ether oxygens (including phenoxy) is 2. The molecular formula is C26H29N3O8. The van der Waals surface area contributed by atoms with E-state index >= 15 is 0 Å². The Balaban J connectivity index is 1.51. The van der Waals surface area contributed by atoms with E-state index in [9.17, 15) is 24.3 Å². The van der Waals surface area contributed by atoms with E-state index in [2.05, 4.69) is 10.5 Å². The minimum absolute atomic E-state index is 0.0650. The lowest BCUT2D eigenvalue weighted by Crippen LogP contribution is -2.61. The molecule has 11 heteroatoms. The van der Waals surface area contributed by atoms with Crippen molar-refractivity contribution in [2.24, 2.45) is 11.3 Å². The van der Waals surface area contributed by atoms with Crippen LogP contribution in [-0.4, -0.2) is 57.9 Å². The first-order chi connectivity index (χ1) is 17.5. The fourth-order valence-electron chi connectivity index (χ4n) is 4.41. The molecule has 3 heterocycles. The zero-order chi connectivity index (χ0) is 26.9. The molecule has 1 saturated heterocycles. The van der Waals surface area contributed by atoms with Gasteiger partial charge >= 0.3 is 11.9 Å². The van der Waals surface area contributed by atoms with E-state index in [0.29, 0.717) is 23.4 Å². The molecule has 2 aromatic rings. The van der Waals surface area contributed by atoms with Gasteiger partial charge in [0.2, 0.25) is 18.6 Å². The predicted octanol–water partition coefficient (Wildman–Crippen LogP) is 2.27. The van der Waals surface area contributed by atoms with Gasteiger partial charge in [0, 0.05) is 6.07 Å². The molecule has 37 heavy (non-hydrogen) atoms. The fraction of sp³-hybridized carbons (Fsp3) is 0.423. The van der Waals surface area contributed by atoms with Crippen molar-refractivity contribution < 1.29 is 38.3 Å². The Morgan fingerprint density at radius 1 is 1.19 bits per heavy atom. The Morgan fingerprint density at radius 3 is 2.49 bits per heavy atom. The number of aromatic nitrogens is 1. The largest absolute Gasteiger partial charge is 0.427 e. The molecule has 11 nitrogen and oxygen atoms in total. The van der Waals surface area contributed by atoms with Crippen LogP contribution < -0.4 is 5.32 Å². The van der Waals surface area contributed by atoms with Gasteiger partial charge in [-0.05, 0) is 50.8 Å². The van der Waals surface area contributed by atoms with Crippen LogP contribution in [0.5, 0.6) is 0 Å². The molecular weight excluding hydrogens is 482 g/mol. The summed E-state index contributed by atoms with van der Waals surface area (Å²) in [5, 5.41) is 16.3. The molecule has 0 aliphatic carbocycles. The summed E-state index contributed by atoms with van der Waals surface area (Å²) < 4.78 is 14.9. The first kappa shape index (κ1) is 26.1. The van der Waals surface area contributed by atoms with Gasteiger partial charge in [-0.15, -0.1) is 0 Å². The lowest BCUT2D eigenvalue weighted by Gasteiger charge is -2.44. The molecule has 2 N–H and O–H groups in total. The number of nitrogens with one attached hydrogen (secondary N) is 1. The maximum Gasteiger partial charge on any atom is 0.358 e. The molecule has 2 amide bonds. The van der Waals surface area contributed by atoms with E-state index in [-0.39, 0.29) is 30.0 Å². The highest BCUT2D eigenvalue weighted by Crippen LogP contribution is 2.47. The Bertz CT molecular complexity index is 1230. The van der Waals surface area contributed by atoms with Crippen molar-refractivity contribution in [1.29, 1.82) is 0 Å². The number of amides is 2. The van der Waals surface area contributed by atoms with Crippen LogP contribution in [0.3, 0.4) is 0 Å². The molecule has 2 aliphatic rings. The summed E-state index contributed by atoms with van der Waals surface area (Å²) in [5.74, 6) is -2.28. The van der Waals surface area contributed by atoms with E-state index in [0.717, 1.165) is 5.56 Å². The third-order valence-corrected chi connectivity index (χ3v) is 6.29. The van der Waals surface area contributed by atoms with Gasteiger partial charge < -0.3 is 29.3 Å². The van der Waals surface area contributed by atoms with Gasteiger partial charge in [0.1, 0.15) is 12.0 Å². The van der Waals surface area contributed by atoms with E-state index in [1.165, 1.54) is 17.2 Å². The normalized spacial score (nSPS) is 19.7. The van der Waals surface area contributed by atoms with Gasteiger partial charge in [0.05, 0.1) is 29.9 Å². The number of fused-ring (bicyclic) bond motifs is 1. The second kappa shape index (κ2) is 10.2. The number of aliphatic hydroxyl groups is 1. The summed E-state index contributed by atoms with van der Waals surface area (Å²) in [6, 6.07) is 8.17. The molecule has 0 bridgehead atoms. The van der Waals surface area contributed by atoms with Crippen LogP contribution in [0, 0.1) is 11.3 Å². The fourth-order valence-corrected chi connectivity index (χ4v) is 4.41. The van der Waals surface area contributed by atoms with Gasteiger partial charge in [-0.3, -0.25) is 14.4 Å². The number of nitrogens with zero attached hydrogens (tertiary/aromatic N) is 2. The number of hydrogen-bond donors (Lipinski definition) is 2. The van der Waals surface area contributed by atoms with Gasteiger partial charge in [-0.1, -0.05) is 29.4 Å². The van der Waals surface area contributed by atoms with E-state index in [4.69, 9.17) is 14.0 Å². The molecule has 0 unspecified atom stereocenters. The number of esters is 2. The monoisotopic (exact) mass is 511 g/mol. The van der Waals surface area contributed by atoms with Crippen molar-refractivity contribution in [1.82, 2.24) is 10.1 Å². The highest BCUT2D eigenvalue weighted by molar-refractivity contribution is 6.06. The number of β-lactam (4-membered cyclic amide) rings is 1. The maximum absolute atomic E-state index is 13.0. The summed E-state index contributed by atoms with van der Waals surface area (Å²) in [4.78, 5) is 51.4. The molecule has 196 valence electrons. The van der Waals surface area contributed by atoms with Crippen molar-refractivity contribution in [3.05, 3.63) is 53.4 Å². The first-order valence-electron chi connectivity index (χ1n) is 11.9.